The van der Waals surface area contributed by atoms with Gasteiger partial charge in [-0.05, 0) is 28.9 Å². The van der Waals surface area contributed by atoms with Gasteiger partial charge in [0.2, 0.25) is 11.8 Å². The first-order valence-corrected chi connectivity index (χ1v) is 9.03. The standard InChI is InChI=1S/C19H20N2O2S/c20-18(22)16(12-13-6-2-1-3-7-13)21-19(23)17-15-9-5-4-8-14(15)10-11-24-17/h1-9,16-17H,10-12H2,(H2,20,22)(H,21,23)/t16-,17+/m0/s1. The number of nitrogens with one attached hydrogen (secondary N) is 1. The molecule has 0 unspecified atom stereocenters. The molecule has 2 aromatic rings. The van der Waals surface area contributed by atoms with Crippen LogP contribution in [0.25, 0.3) is 0 Å². The summed E-state index contributed by atoms with van der Waals surface area (Å²) in [6.45, 7) is 0. The summed E-state index contributed by atoms with van der Waals surface area (Å²) in [7, 11) is 0. The number of aryl methyl sites for hydroxylation is 1. The van der Waals surface area contributed by atoms with Crippen molar-refractivity contribution in [2.24, 2.45) is 5.73 Å². The number of primary amides is 1. The molecule has 0 aromatic heterocycles. The van der Waals surface area contributed by atoms with E-state index in [2.05, 4.69) is 11.4 Å². The normalized spacial score (nSPS) is 17.6. The highest BCUT2D eigenvalue weighted by Crippen LogP contribution is 2.36. The van der Waals surface area contributed by atoms with E-state index in [1.165, 1.54) is 5.56 Å². The van der Waals surface area contributed by atoms with E-state index in [4.69, 9.17) is 5.73 Å². The Kier molecular flexibility index (Phi) is 5.20. The van der Waals surface area contributed by atoms with Gasteiger partial charge in [-0.2, -0.15) is 0 Å². The molecule has 3 rings (SSSR count). The van der Waals surface area contributed by atoms with E-state index in [1.54, 1.807) is 11.8 Å². The predicted octanol–water partition coefficient (Wildman–Crippen LogP) is 2.23. The van der Waals surface area contributed by atoms with E-state index < -0.39 is 11.9 Å². The maximum absolute atomic E-state index is 12.7. The summed E-state index contributed by atoms with van der Waals surface area (Å²) < 4.78 is 0. The first-order valence-electron chi connectivity index (χ1n) is 7.98. The topological polar surface area (TPSA) is 72.2 Å². The molecule has 1 heterocycles. The molecule has 2 amide bonds. The number of nitrogens with two attached hydrogens (primary N) is 1. The SMILES string of the molecule is NC(=O)[C@H](Cc1ccccc1)NC(=O)[C@@H]1SCCc2ccccc21. The van der Waals surface area contributed by atoms with Crippen LogP contribution >= 0.6 is 11.8 Å². The molecule has 124 valence electrons. The van der Waals surface area contributed by atoms with Crippen molar-refractivity contribution >= 4 is 23.6 Å². The van der Waals surface area contributed by atoms with Crippen LogP contribution in [-0.2, 0) is 22.4 Å². The zero-order valence-corrected chi connectivity index (χ0v) is 14.1. The number of benzene rings is 2. The zero-order chi connectivity index (χ0) is 16.9. The van der Waals surface area contributed by atoms with E-state index in [1.807, 2.05) is 48.5 Å². The highest BCUT2D eigenvalue weighted by atomic mass is 32.2. The van der Waals surface area contributed by atoms with Crippen LogP contribution in [0.2, 0.25) is 0 Å². The van der Waals surface area contributed by atoms with Gasteiger partial charge in [-0.15, -0.1) is 11.8 Å². The van der Waals surface area contributed by atoms with Crippen LogP contribution in [-0.4, -0.2) is 23.6 Å². The summed E-state index contributed by atoms with van der Waals surface area (Å²) in [5.41, 5.74) is 8.71. The molecule has 0 saturated heterocycles. The quantitative estimate of drug-likeness (QED) is 0.877. The van der Waals surface area contributed by atoms with Gasteiger partial charge in [-0.1, -0.05) is 54.6 Å². The molecule has 0 spiro atoms. The summed E-state index contributed by atoms with van der Waals surface area (Å²) in [6, 6.07) is 16.9. The van der Waals surface area contributed by atoms with Gasteiger partial charge in [0.25, 0.3) is 0 Å². The summed E-state index contributed by atoms with van der Waals surface area (Å²) >= 11 is 1.61. The summed E-state index contributed by atoms with van der Waals surface area (Å²) in [5, 5.41) is 2.56. The fourth-order valence-corrected chi connectivity index (χ4v) is 4.13. The van der Waals surface area contributed by atoms with Crippen molar-refractivity contribution < 1.29 is 9.59 Å². The molecule has 1 aliphatic heterocycles. The molecule has 5 heteroatoms. The van der Waals surface area contributed by atoms with Crippen LogP contribution in [0.15, 0.2) is 54.6 Å². The van der Waals surface area contributed by atoms with Crippen LogP contribution in [0.5, 0.6) is 0 Å². The number of carbonyl (C=O) groups is 2. The van der Waals surface area contributed by atoms with Gasteiger partial charge < -0.3 is 11.1 Å². The predicted molar refractivity (Wildman–Crippen MR) is 96.6 cm³/mol. The molecule has 4 nitrogen and oxygen atoms in total. The van der Waals surface area contributed by atoms with Crippen LogP contribution in [0.4, 0.5) is 0 Å². The molecule has 3 N–H and O–H groups in total. The number of rotatable bonds is 5. The Morgan fingerprint density at radius 2 is 1.83 bits per heavy atom. The third kappa shape index (κ3) is 3.79. The van der Waals surface area contributed by atoms with E-state index >= 15 is 0 Å². The maximum atomic E-state index is 12.7. The van der Waals surface area contributed by atoms with Gasteiger partial charge in [0.1, 0.15) is 11.3 Å². The van der Waals surface area contributed by atoms with E-state index in [-0.39, 0.29) is 11.2 Å². The first-order chi connectivity index (χ1) is 11.6. The lowest BCUT2D eigenvalue weighted by Crippen LogP contribution is -2.47. The molecule has 0 radical (unpaired) electrons. The van der Waals surface area contributed by atoms with Crippen LogP contribution in [0, 0.1) is 0 Å². The van der Waals surface area contributed by atoms with E-state index in [0.717, 1.165) is 23.3 Å². The highest BCUT2D eigenvalue weighted by molar-refractivity contribution is 8.00. The second-order valence-corrected chi connectivity index (χ2v) is 7.07. The molecule has 1 aliphatic rings. The van der Waals surface area contributed by atoms with Gasteiger partial charge in [-0.25, -0.2) is 0 Å². The summed E-state index contributed by atoms with van der Waals surface area (Å²) in [5.74, 6) is 0.239. The monoisotopic (exact) mass is 340 g/mol. The van der Waals surface area contributed by atoms with Crippen molar-refractivity contribution in [1.29, 1.82) is 0 Å². The molecule has 0 aliphatic carbocycles. The average molecular weight is 340 g/mol. The van der Waals surface area contributed by atoms with Crippen LogP contribution < -0.4 is 11.1 Å². The van der Waals surface area contributed by atoms with Crippen molar-refractivity contribution in [3.8, 4) is 0 Å². The minimum Gasteiger partial charge on any atom is -0.368 e. The van der Waals surface area contributed by atoms with Gasteiger partial charge in [0, 0.05) is 6.42 Å². The number of fused-ring (bicyclic) bond motifs is 1. The van der Waals surface area contributed by atoms with Crippen molar-refractivity contribution in [2.75, 3.05) is 5.75 Å². The second kappa shape index (κ2) is 7.53. The molecule has 2 atom stereocenters. The maximum Gasteiger partial charge on any atom is 0.240 e. The smallest absolute Gasteiger partial charge is 0.240 e. The van der Waals surface area contributed by atoms with Gasteiger partial charge in [0.15, 0.2) is 0 Å². The highest BCUT2D eigenvalue weighted by Gasteiger charge is 2.29. The lowest BCUT2D eigenvalue weighted by molar-refractivity contribution is -0.127. The fraction of sp³-hybridized carbons (Fsp3) is 0.263. The van der Waals surface area contributed by atoms with Crippen molar-refractivity contribution in [2.45, 2.75) is 24.1 Å². The van der Waals surface area contributed by atoms with Crippen molar-refractivity contribution in [3.63, 3.8) is 0 Å². The van der Waals surface area contributed by atoms with Crippen LogP contribution in [0.3, 0.4) is 0 Å². The lowest BCUT2D eigenvalue weighted by atomic mass is 10.0. The number of amides is 2. The number of carbonyl (C=O) groups excluding carboxylic acids is 2. The molecule has 24 heavy (non-hydrogen) atoms. The lowest BCUT2D eigenvalue weighted by Gasteiger charge is -2.26. The molecule has 0 saturated carbocycles. The van der Waals surface area contributed by atoms with E-state index in [0.29, 0.717) is 6.42 Å². The zero-order valence-electron chi connectivity index (χ0n) is 13.3. The molecule has 2 aromatic carbocycles. The molecular weight excluding hydrogens is 320 g/mol. The largest absolute Gasteiger partial charge is 0.368 e. The van der Waals surface area contributed by atoms with Crippen LogP contribution in [0.1, 0.15) is 21.9 Å². The third-order valence-corrected chi connectivity index (χ3v) is 5.42. The second-order valence-electron chi connectivity index (χ2n) is 5.85. The Morgan fingerprint density at radius 1 is 1.12 bits per heavy atom. The Hall–Kier alpha value is -2.27. The Bertz CT molecular complexity index is 733. The van der Waals surface area contributed by atoms with E-state index in [9.17, 15) is 9.59 Å². The van der Waals surface area contributed by atoms with Crippen molar-refractivity contribution in [3.05, 3.63) is 71.3 Å². The number of hydrogen-bond donors (Lipinski definition) is 2. The Labute approximate surface area is 145 Å². The van der Waals surface area contributed by atoms with Crippen molar-refractivity contribution in [1.82, 2.24) is 5.32 Å². The first kappa shape index (κ1) is 16.6. The summed E-state index contributed by atoms with van der Waals surface area (Å²) in [6.07, 6.45) is 1.37. The van der Waals surface area contributed by atoms with Gasteiger partial charge >= 0.3 is 0 Å². The average Bonchev–Trinajstić information content (AvgIpc) is 2.61. The Morgan fingerprint density at radius 3 is 2.58 bits per heavy atom. The minimum absolute atomic E-state index is 0.146. The number of thioether (sulfide) groups is 1. The minimum atomic E-state index is -0.699. The third-order valence-electron chi connectivity index (χ3n) is 4.17. The van der Waals surface area contributed by atoms with Gasteiger partial charge in [-0.3, -0.25) is 9.59 Å². The fourth-order valence-electron chi connectivity index (χ4n) is 2.93. The Balaban J connectivity index is 1.74. The van der Waals surface area contributed by atoms with Gasteiger partial charge in [0.05, 0.1) is 0 Å². The molecular formula is C19H20N2O2S. The summed E-state index contributed by atoms with van der Waals surface area (Å²) in [4.78, 5) is 24.5. The number of hydrogen-bond acceptors (Lipinski definition) is 3. The molecule has 0 fully saturated rings. The molecule has 0 bridgehead atoms.